The zero-order valence-corrected chi connectivity index (χ0v) is 21.0. The van der Waals surface area contributed by atoms with Crippen molar-refractivity contribution in [2.45, 2.75) is 39.9 Å². The zero-order valence-electron chi connectivity index (χ0n) is 21.0. The molecule has 1 N–H and O–H groups in total. The third-order valence-corrected chi connectivity index (χ3v) is 6.37. The number of nitrogens with one attached hydrogen (secondary N) is 1. The summed E-state index contributed by atoms with van der Waals surface area (Å²) in [5.41, 5.74) is 0.172. The van der Waals surface area contributed by atoms with Crippen molar-refractivity contribution in [2.75, 3.05) is 45.9 Å². The summed E-state index contributed by atoms with van der Waals surface area (Å²) < 4.78 is 44.5. The van der Waals surface area contributed by atoms with E-state index in [0.29, 0.717) is 37.4 Å². The van der Waals surface area contributed by atoms with E-state index >= 15 is 0 Å². The lowest BCUT2D eigenvalue weighted by Crippen LogP contribution is -2.54. The summed E-state index contributed by atoms with van der Waals surface area (Å²) in [6, 6.07) is 2.99. The Morgan fingerprint density at radius 1 is 1.08 bits per heavy atom. The summed E-state index contributed by atoms with van der Waals surface area (Å²) in [7, 11) is 0. The van der Waals surface area contributed by atoms with Crippen LogP contribution < -0.4 is 5.32 Å². The van der Waals surface area contributed by atoms with Gasteiger partial charge in [0.15, 0.2) is 0 Å². The zero-order chi connectivity index (χ0) is 26.6. The maximum absolute atomic E-state index is 13.1. The average Bonchev–Trinajstić information content (AvgIpc) is 2.83. The van der Waals surface area contributed by atoms with Crippen LogP contribution in [0.15, 0.2) is 35.5 Å². The third kappa shape index (κ3) is 6.00. The molecule has 3 amide bonds. The second-order valence-electron chi connectivity index (χ2n) is 9.08. The molecule has 2 heterocycles. The van der Waals surface area contributed by atoms with Crippen LogP contribution in [0.5, 0.6) is 0 Å². The van der Waals surface area contributed by atoms with Crippen LogP contribution in [0.2, 0.25) is 0 Å². The minimum Gasteiger partial charge on any atom is -0.463 e. The predicted molar refractivity (Wildman–Crippen MR) is 127 cm³/mol. The van der Waals surface area contributed by atoms with Crippen molar-refractivity contribution in [3.05, 3.63) is 46.7 Å². The highest BCUT2D eigenvalue weighted by atomic mass is 19.4. The third-order valence-electron chi connectivity index (χ3n) is 6.37. The number of carbonyl (C=O) groups excluding carboxylic acids is 3. The number of amides is 3. The number of ether oxygens (including phenoxy) is 1. The number of rotatable bonds is 7. The van der Waals surface area contributed by atoms with Crippen LogP contribution in [0.4, 0.5) is 18.0 Å². The average molecular weight is 511 g/mol. The standard InChI is InChI=1S/C25H33F3N4O4/c1-5-32-19(15-30-11-13-31(14-12-30)22(33)16(3)4)20(23(34)36-6-2)21(29-24(32)35)17-7-9-18(10-8-17)25(26,27)28/h7-10,16,21H,5-6,11-15H2,1-4H3,(H,29,35)/t21-/m0/s1. The Balaban J connectivity index is 1.96. The molecule has 0 saturated carbocycles. The first kappa shape index (κ1) is 27.5. The minimum absolute atomic E-state index is 0.0793. The fraction of sp³-hybridized carbons (Fsp3) is 0.560. The second kappa shape index (κ2) is 11.3. The SMILES string of the molecule is CCOC(=O)C1=C(CN2CCN(C(=O)C(C)C)CC2)N(CC)C(=O)N[C@H]1c1ccc(C(F)(F)F)cc1. The molecular weight excluding hydrogens is 477 g/mol. The van der Waals surface area contributed by atoms with Crippen molar-refractivity contribution in [3.8, 4) is 0 Å². The van der Waals surface area contributed by atoms with Crippen molar-refractivity contribution >= 4 is 17.9 Å². The highest BCUT2D eigenvalue weighted by Crippen LogP contribution is 2.35. The van der Waals surface area contributed by atoms with Gasteiger partial charge in [-0.15, -0.1) is 0 Å². The number of alkyl halides is 3. The van der Waals surface area contributed by atoms with Crippen molar-refractivity contribution in [2.24, 2.45) is 5.92 Å². The van der Waals surface area contributed by atoms with E-state index in [1.165, 1.54) is 17.0 Å². The molecule has 1 atom stereocenters. The Kier molecular flexibility index (Phi) is 8.65. The number of likely N-dealkylation sites (N-methyl/N-ethyl adjacent to an activating group) is 1. The smallest absolute Gasteiger partial charge is 0.416 e. The number of esters is 1. The fourth-order valence-electron chi connectivity index (χ4n) is 4.48. The van der Waals surface area contributed by atoms with E-state index in [-0.39, 0.29) is 37.1 Å². The highest BCUT2D eigenvalue weighted by molar-refractivity contribution is 5.95. The Bertz CT molecular complexity index is 1000. The van der Waals surface area contributed by atoms with Crippen LogP contribution in [-0.2, 0) is 20.5 Å². The molecule has 2 aliphatic rings. The molecule has 3 rings (SSSR count). The summed E-state index contributed by atoms with van der Waals surface area (Å²) in [6.07, 6.45) is -4.50. The molecule has 1 aromatic carbocycles. The van der Waals surface area contributed by atoms with Gasteiger partial charge in [-0.3, -0.25) is 14.6 Å². The second-order valence-corrected chi connectivity index (χ2v) is 9.08. The van der Waals surface area contributed by atoms with Crippen LogP contribution in [0.3, 0.4) is 0 Å². The van der Waals surface area contributed by atoms with Gasteiger partial charge in [-0.05, 0) is 31.5 Å². The van der Waals surface area contributed by atoms with Gasteiger partial charge >= 0.3 is 18.2 Å². The molecule has 1 saturated heterocycles. The summed E-state index contributed by atoms with van der Waals surface area (Å²) >= 11 is 0. The maximum atomic E-state index is 13.1. The number of benzene rings is 1. The van der Waals surface area contributed by atoms with Crippen LogP contribution in [0.25, 0.3) is 0 Å². The van der Waals surface area contributed by atoms with E-state index in [0.717, 1.165) is 12.1 Å². The van der Waals surface area contributed by atoms with Gasteiger partial charge < -0.3 is 15.0 Å². The molecule has 8 nitrogen and oxygen atoms in total. The Morgan fingerprint density at radius 3 is 2.19 bits per heavy atom. The number of urea groups is 1. The molecular formula is C25H33F3N4O4. The van der Waals surface area contributed by atoms with E-state index in [1.807, 2.05) is 13.8 Å². The molecule has 0 aliphatic carbocycles. The molecule has 1 fully saturated rings. The van der Waals surface area contributed by atoms with Gasteiger partial charge in [0, 0.05) is 50.9 Å². The molecule has 2 aliphatic heterocycles. The molecule has 0 spiro atoms. The van der Waals surface area contributed by atoms with Gasteiger partial charge in [-0.1, -0.05) is 26.0 Å². The van der Waals surface area contributed by atoms with Crippen LogP contribution >= 0.6 is 0 Å². The number of hydrogen-bond donors (Lipinski definition) is 1. The number of nitrogens with zero attached hydrogens (tertiary/aromatic N) is 3. The van der Waals surface area contributed by atoms with E-state index in [9.17, 15) is 27.6 Å². The molecule has 36 heavy (non-hydrogen) atoms. The normalized spacial score (nSPS) is 19.6. The van der Waals surface area contributed by atoms with E-state index in [2.05, 4.69) is 10.2 Å². The Morgan fingerprint density at radius 2 is 1.69 bits per heavy atom. The van der Waals surface area contributed by atoms with Gasteiger partial charge in [-0.2, -0.15) is 13.2 Å². The lowest BCUT2D eigenvalue weighted by molar-refractivity contribution is -0.139. The first-order valence-electron chi connectivity index (χ1n) is 12.1. The van der Waals surface area contributed by atoms with Gasteiger partial charge in [0.1, 0.15) is 0 Å². The van der Waals surface area contributed by atoms with Crippen molar-refractivity contribution in [1.82, 2.24) is 20.0 Å². The van der Waals surface area contributed by atoms with E-state index in [1.54, 1.807) is 18.7 Å². The summed E-state index contributed by atoms with van der Waals surface area (Å²) in [5, 5.41) is 2.76. The quantitative estimate of drug-likeness (QED) is 0.569. The molecule has 0 bridgehead atoms. The number of carbonyl (C=O) groups is 3. The lowest BCUT2D eigenvalue weighted by Gasteiger charge is -2.40. The van der Waals surface area contributed by atoms with Gasteiger partial charge in [0.2, 0.25) is 5.91 Å². The van der Waals surface area contributed by atoms with E-state index < -0.39 is 29.8 Å². The summed E-state index contributed by atoms with van der Waals surface area (Å²) in [4.78, 5) is 43.8. The van der Waals surface area contributed by atoms with Gasteiger partial charge in [0.25, 0.3) is 0 Å². The Hall–Kier alpha value is -3.08. The number of piperazine rings is 1. The monoisotopic (exact) mass is 510 g/mol. The summed E-state index contributed by atoms with van der Waals surface area (Å²) in [5.74, 6) is -0.656. The summed E-state index contributed by atoms with van der Waals surface area (Å²) in [6.45, 7) is 9.97. The van der Waals surface area contributed by atoms with Crippen molar-refractivity contribution in [3.63, 3.8) is 0 Å². The van der Waals surface area contributed by atoms with Gasteiger partial charge in [-0.25, -0.2) is 9.59 Å². The molecule has 1 aromatic rings. The molecule has 11 heteroatoms. The van der Waals surface area contributed by atoms with E-state index in [4.69, 9.17) is 4.74 Å². The molecule has 0 radical (unpaired) electrons. The Labute approximate surface area is 209 Å². The predicted octanol–water partition coefficient (Wildman–Crippen LogP) is 3.41. The molecule has 0 aromatic heterocycles. The van der Waals surface area contributed by atoms with Crippen LogP contribution in [0.1, 0.15) is 44.9 Å². The maximum Gasteiger partial charge on any atom is 0.416 e. The molecule has 0 unspecified atom stereocenters. The minimum atomic E-state index is -4.50. The van der Waals surface area contributed by atoms with Crippen molar-refractivity contribution < 1.29 is 32.3 Å². The van der Waals surface area contributed by atoms with Gasteiger partial charge in [0.05, 0.1) is 23.8 Å². The number of hydrogen-bond acceptors (Lipinski definition) is 5. The number of halogens is 3. The van der Waals surface area contributed by atoms with Crippen molar-refractivity contribution in [1.29, 1.82) is 0 Å². The largest absolute Gasteiger partial charge is 0.463 e. The first-order valence-corrected chi connectivity index (χ1v) is 12.1. The first-order chi connectivity index (χ1) is 17.0. The van der Waals surface area contributed by atoms with Crippen LogP contribution in [-0.4, -0.2) is 78.5 Å². The fourth-order valence-corrected chi connectivity index (χ4v) is 4.48. The lowest BCUT2D eigenvalue weighted by atomic mass is 9.93. The molecule has 198 valence electrons. The van der Waals surface area contributed by atoms with Crippen LogP contribution in [0, 0.1) is 5.92 Å². The highest BCUT2D eigenvalue weighted by Gasteiger charge is 2.39. The topological polar surface area (TPSA) is 82.2 Å².